The van der Waals surface area contributed by atoms with Gasteiger partial charge in [0.25, 0.3) is 0 Å². The van der Waals surface area contributed by atoms with Crippen LogP contribution in [-0.2, 0) is 9.47 Å². The van der Waals surface area contributed by atoms with E-state index in [1.165, 1.54) is 0 Å². The number of aliphatic hydroxyl groups excluding tert-OH is 1. The number of hydrogen-bond acceptors (Lipinski definition) is 7. The van der Waals surface area contributed by atoms with Gasteiger partial charge in [-0.15, -0.1) is 0 Å². The van der Waals surface area contributed by atoms with Crippen molar-refractivity contribution >= 4 is 23.6 Å². The van der Waals surface area contributed by atoms with E-state index in [4.69, 9.17) is 18.9 Å². The second-order valence-corrected chi connectivity index (χ2v) is 9.58. The SMILES string of the molecule is CC(C)(C)OC(=O)Nc1ccc(OCC(O)COc2ccc(NC(=O)OC(C)(C)C)cc2)cc1. The Balaban J connectivity index is 1.72. The molecule has 2 rings (SSSR count). The van der Waals surface area contributed by atoms with E-state index < -0.39 is 29.5 Å². The van der Waals surface area contributed by atoms with Crippen LogP contribution < -0.4 is 20.1 Å². The quantitative estimate of drug-likeness (QED) is 0.482. The summed E-state index contributed by atoms with van der Waals surface area (Å²) in [5.74, 6) is 1.07. The first-order valence-electron chi connectivity index (χ1n) is 10.9. The molecule has 0 unspecified atom stereocenters. The maximum atomic E-state index is 11.8. The highest BCUT2D eigenvalue weighted by Crippen LogP contribution is 2.19. The van der Waals surface area contributed by atoms with Crippen LogP contribution in [0, 0.1) is 0 Å². The van der Waals surface area contributed by atoms with Crippen molar-refractivity contribution in [1.82, 2.24) is 0 Å². The van der Waals surface area contributed by atoms with E-state index in [0.717, 1.165) is 0 Å². The Morgan fingerprint density at radius 2 is 1.03 bits per heavy atom. The third-order valence-corrected chi connectivity index (χ3v) is 3.88. The summed E-state index contributed by atoms with van der Waals surface area (Å²) in [4.78, 5) is 23.6. The zero-order valence-corrected chi connectivity index (χ0v) is 20.5. The summed E-state index contributed by atoms with van der Waals surface area (Å²) in [6.07, 6.45) is -1.94. The third kappa shape index (κ3) is 10.9. The topological polar surface area (TPSA) is 115 Å². The van der Waals surface area contributed by atoms with Gasteiger partial charge < -0.3 is 24.1 Å². The number of aliphatic hydroxyl groups is 1. The standard InChI is InChI=1S/C25H34N2O7/c1-24(2,3)33-22(29)26-17-7-11-20(12-8-17)31-15-19(28)16-32-21-13-9-18(10-14-21)27-23(30)34-25(4,5)6/h7-14,19,28H,15-16H2,1-6H3,(H,26,29)(H,27,30). The molecule has 2 aromatic carbocycles. The number of amides is 2. The van der Waals surface area contributed by atoms with Crippen LogP contribution in [-0.4, -0.2) is 47.8 Å². The van der Waals surface area contributed by atoms with Crippen molar-refractivity contribution in [3.05, 3.63) is 48.5 Å². The van der Waals surface area contributed by atoms with Crippen LogP contribution in [0.1, 0.15) is 41.5 Å². The molecule has 0 fully saturated rings. The first-order valence-corrected chi connectivity index (χ1v) is 10.9. The number of benzene rings is 2. The van der Waals surface area contributed by atoms with Gasteiger partial charge in [0.1, 0.15) is 42.0 Å². The summed E-state index contributed by atoms with van der Waals surface area (Å²) < 4.78 is 21.5. The highest BCUT2D eigenvalue weighted by atomic mass is 16.6. The number of ether oxygens (including phenoxy) is 4. The molecule has 0 spiro atoms. The molecule has 0 aliphatic rings. The summed E-state index contributed by atoms with van der Waals surface area (Å²) in [5, 5.41) is 15.4. The molecule has 0 heterocycles. The van der Waals surface area contributed by atoms with E-state index in [1.54, 1.807) is 90.1 Å². The monoisotopic (exact) mass is 474 g/mol. The molecule has 3 N–H and O–H groups in total. The molecule has 186 valence electrons. The fourth-order valence-corrected chi connectivity index (χ4v) is 2.54. The van der Waals surface area contributed by atoms with E-state index in [2.05, 4.69) is 10.6 Å². The molecular weight excluding hydrogens is 440 g/mol. The van der Waals surface area contributed by atoms with Crippen molar-refractivity contribution in [3.8, 4) is 11.5 Å². The summed E-state index contributed by atoms with van der Waals surface area (Å²) in [7, 11) is 0. The average Bonchev–Trinajstić information content (AvgIpc) is 2.70. The molecule has 0 saturated carbocycles. The number of hydrogen-bond donors (Lipinski definition) is 3. The number of carbonyl (C=O) groups is 2. The molecule has 0 bridgehead atoms. The van der Waals surface area contributed by atoms with Gasteiger partial charge in [0.15, 0.2) is 0 Å². The maximum Gasteiger partial charge on any atom is 0.412 e. The largest absolute Gasteiger partial charge is 0.491 e. The third-order valence-electron chi connectivity index (χ3n) is 3.88. The van der Waals surface area contributed by atoms with Gasteiger partial charge in [-0.05, 0) is 90.1 Å². The van der Waals surface area contributed by atoms with Crippen molar-refractivity contribution in [1.29, 1.82) is 0 Å². The predicted molar refractivity (Wildman–Crippen MR) is 130 cm³/mol. The Morgan fingerprint density at radius 3 is 1.32 bits per heavy atom. The Morgan fingerprint density at radius 1 is 0.706 bits per heavy atom. The summed E-state index contributed by atoms with van der Waals surface area (Å²) >= 11 is 0. The number of carbonyl (C=O) groups excluding carboxylic acids is 2. The van der Waals surface area contributed by atoms with Gasteiger partial charge >= 0.3 is 12.2 Å². The molecule has 0 radical (unpaired) electrons. The molecule has 34 heavy (non-hydrogen) atoms. The Hall–Kier alpha value is -3.46. The number of anilines is 2. The van der Waals surface area contributed by atoms with Gasteiger partial charge in [-0.3, -0.25) is 10.6 Å². The Kier molecular flexibility index (Phi) is 9.14. The molecule has 2 aromatic rings. The van der Waals surface area contributed by atoms with Crippen molar-refractivity contribution in [2.75, 3.05) is 23.8 Å². The molecule has 0 saturated heterocycles. The first kappa shape index (κ1) is 26.8. The van der Waals surface area contributed by atoms with Gasteiger partial charge in [0.05, 0.1) is 0 Å². The minimum absolute atomic E-state index is 0.0249. The first-order chi connectivity index (χ1) is 15.8. The summed E-state index contributed by atoms with van der Waals surface area (Å²) in [6.45, 7) is 10.8. The van der Waals surface area contributed by atoms with Crippen LogP contribution in [0.25, 0.3) is 0 Å². The van der Waals surface area contributed by atoms with Crippen LogP contribution in [0.4, 0.5) is 21.0 Å². The molecule has 9 heteroatoms. The fourth-order valence-electron chi connectivity index (χ4n) is 2.54. The fraction of sp³-hybridized carbons (Fsp3) is 0.440. The van der Waals surface area contributed by atoms with E-state index >= 15 is 0 Å². The van der Waals surface area contributed by atoms with Crippen molar-refractivity contribution < 1.29 is 33.6 Å². The predicted octanol–water partition coefficient (Wildman–Crippen LogP) is 5.20. The van der Waals surface area contributed by atoms with Crippen LogP contribution in [0.5, 0.6) is 11.5 Å². The average molecular weight is 475 g/mol. The summed E-state index contributed by atoms with van der Waals surface area (Å²) in [6, 6.07) is 13.4. The zero-order chi connectivity index (χ0) is 25.4. The minimum atomic E-state index is -0.862. The number of nitrogens with one attached hydrogen (secondary N) is 2. The van der Waals surface area contributed by atoms with Gasteiger partial charge in [-0.1, -0.05) is 0 Å². The van der Waals surface area contributed by atoms with Crippen LogP contribution in [0.15, 0.2) is 48.5 Å². The normalized spacial score (nSPS) is 11.5. The van der Waals surface area contributed by atoms with E-state index in [-0.39, 0.29) is 13.2 Å². The lowest BCUT2D eigenvalue weighted by molar-refractivity contribution is 0.0624. The van der Waals surface area contributed by atoms with E-state index in [1.807, 2.05) is 0 Å². The lowest BCUT2D eigenvalue weighted by Crippen LogP contribution is -2.27. The van der Waals surface area contributed by atoms with Gasteiger partial charge in [-0.2, -0.15) is 0 Å². The van der Waals surface area contributed by atoms with Gasteiger partial charge in [0, 0.05) is 11.4 Å². The van der Waals surface area contributed by atoms with Gasteiger partial charge in [-0.25, -0.2) is 9.59 Å². The van der Waals surface area contributed by atoms with Crippen LogP contribution in [0.3, 0.4) is 0 Å². The van der Waals surface area contributed by atoms with Crippen molar-refractivity contribution in [3.63, 3.8) is 0 Å². The lowest BCUT2D eigenvalue weighted by Gasteiger charge is -2.19. The van der Waals surface area contributed by atoms with E-state index in [9.17, 15) is 14.7 Å². The molecule has 9 nitrogen and oxygen atoms in total. The van der Waals surface area contributed by atoms with Crippen LogP contribution in [0.2, 0.25) is 0 Å². The maximum absolute atomic E-state index is 11.8. The molecule has 0 aliphatic carbocycles. The zero-order valence-electron chi connectivity index (χ0n) is 20.5. The van der Waals surface area contributed by atoms with Crippen LogP contribution >= 0.6 is 0 Å². The van der Waals surface area contributed by atoms with Crippen molar-refractivity contribution in [2.45, 2.75) is 58.8 Å². The second-order valence-electron chi connectivity index (χ2n) is 9.58. The Labute approximate surface area is 200 Å². The second kappa shape index (κ2) is 11.6. The lowest BCUT2D eigenvalue weighted by atomic mass is 10.2. The highest BCUT2D eigenvalue weighted by Gasteiger charge is 2.17. The molecular formula is C25H34N2O7. The number of rotatable bonds is 8. The molecule has 2 amide bonds. The highest BCUT2D eigenvalue weighted by molar-refractivity contribution is 5.85. The smallest absolute Gasteiger partial charge is 0.412 e. The van der Waals surface area contributed by atoms with Gasteiger partial charge in [0.2, 0.25) is 0 Å². The van der Waals surface area contributed by atoms with E-state index in [0.29, 0.717) is 22.9 Å². The molecule has 0 aromatic heterocycles. The summed E-state index contributed by atoms with van der Waals surface area (Å²) in [5.41, 5.74) is -0.0282. The molecule has 0 aliphatic heterocycles. The minimum Gasteiger partial charge on any atom is -0.491 e. The molecule has 0 atom stereocenters. The Bertz CT molecular complexity index is 852. The van der Waals surface area contributed by atoms with Crippen molar-refractivity contribution in [2.24, 2.45) is 0 Å².